The van der Waals surface area contributed by atoms with Crippen LogP contribution in [0.2, 0.25) is 0 Å². The summed E-state index contributed by atoms with van der Waals surface area (Å²) >= 11 is 0. The van der Waals surface area contributed by atoms with Crippen LogP contribution in [0.4, 0.5) is 17.6 Å². The molecule has 12 heteroatoms. The zero-order chi connectivity index (χ0) is 38.9. The number of halogens is 4. The van der Waals surface area contributed by atoms with Crippen molar-refractivity contribution in [2.45, 2.75) is 53.5 Å². The summed E-state index contributed by atoms with van der Waals surface area (Å²) in [5, 5.41) is 6.86. The number of oxime groups is 1. The Morgan fingerprint density at radius 2 is 1.44 bits per heavy atom. The van der Waals surface area contributed by atoms with Crippen LogP contribution in [0.5, 0.6) is 5.75 Å². The van der Waals surface area contributed by atoms with E-state index in [2.05, 4.69) is 5.16 Å². The van der Waals surface area contributed by atoms with Crippen LogP contribution >= 0.6 is 0 Å². The summed E-state index contributed by atoms with van der Waals surface area (Å²) < 4.78 is 66.5. The number of rotatable bonds is 12. The van der Waals surface area contributed by atoms with Gasteiger partial charge in [0.1, 0.15) is 18.1 Å². The molecule has 0 atom stereocenters. The summed E-state index contributed by atoms with van der Waals surface area (Å²) in [6.07, 6.45) is -3.95. The highest BCUT2D eigenvalue weighted by Crippen LogP contribution is 2.39. The van der Waals surface area contributed by atoms with Crippen LogP contribution in [0, 0.1) is 20.8 Å². The minimum atomic E-state index is -4.43. The van der Waals surface area contributed by atoms with E-state index in [9.17, 15) is 31.9 Å². The van der Waals surface area contributed by atoms with Crippen LogP contribution in [0.25, 0.3) is 32.6 Å². The number of aryl methyl sites for hydroxylation is 3. The molecule has 8 nitrogen and oxygen atoms in total. The van der Waals surface area contributed by atoms with E-state index in [0.29, 0.717) is 33.0 Å². The Bertz CT molecular complexity index is 2460. The maximum absolute atomic E-state index is 14.5. The second-order valence-corrected chi connectivity index (χ2v) is 13.1. The molecule has 0 saturated carbocycles. The average Bonchev–Trinajstić information content (AvgIpc) is 3.43. The van der Waals surface area contributed by atoms with Gasteiger partial charge in [-0.05, 0) is 67.6 Å². The van der Waals surface area contributed by atoms with E-state index < -0.39 is 30.9 Å². The lowest BCUT2D eigenvalue weighted by Crippen LogP contribution is -2.34. The van der Waals surface area contributed by atoms with Crippen molar-refractivity contribution >= 4 is 56.0 Å². The minimum Gasteiger partial charge on any atom is -0.486 e. The molecule has 0 saturated heterocycles. The summed E-state index contributed by atoms with van der Waals surface area (Å²) in [5.74, 6) is -6.01. The third kappa shape index (κ3) is 7.41. The highest BCUT2D eigenvalue weighted by molar-refractivity contribution is 6.27. The Hall–Kier alpha value is -6.04. The smallest absolute Gasteiger partial charge is 0.340 e. The average molecular weight is 741 g/mol. The van der Waals surface area contributed by atoms with E-state index in [0.717, 1.165) is 39.9 Å². The first-order valence-electron chi connectivity index (χ1n) is 17.1. The van der Waals surface area contributed by atoms with Crippen LogP contribution in [-0.2, 0) is 25.7 Å². The van der Waals surface area contributed by atoms with E-state index in [-0.39, 0.29) is 36.0 Å². The van der Waals surface area contributed by atoms with Gasteiger partial charge >= 0.3 is 24.3 Å². The van der Waals surface area contributed by atoms with Crippen molar-refractivity contribution in [1.82, 2.24) is 4.57 Å². The highest BCUT2D eigenvalue weighted by atomic mass is 19.3. The van der Waals surface area contributed by atoms with Crippen molar-refractivity contribution in [3.8, 4) is 5.75 Å². The molecule has 278 valence electrons. The summed E-state index contributed by atoms with van der Waals surface area (Å²) in [6, 6.07) is 24.3. The van der Waals surface area contributed by atoms with Crippen LogP contribution in [0.3, 0.4) is 0 Å². The Morgan fingerprint density at radius 1 is 0.778 bits per heavy atom. The maximum Gasteiger partial charge on any atom is 0.340 e. The van der Waals surface area contributed by atoms with Crippen LogP contribution < -0.4 is 4.74 Å². The molecule has 6 rings (SSSR count). The Labute approximate surface area is 307 Å². The predicted molar refractivity (Wildman–Crippen MR) is 198 cm³/mol. The van der Waals surface area contributed by atoms with Crippen molar-refractivity contribution in [2.75, 3.05) is 13.2 Å². The molecule has 0 unspecified atom stereocenters. The fraction of sp³-hybridized carbons (Fsp3) is 0.238. The first-order valence-corrected chi connectivity index (χ1v) is 17.1. The van der Waals surface area contributed by atoms with Gasteiger partial charge in [-0.1, -0.05) is 65.3 Å². The summed E-state index contributed by atoms with van der Waals surface area (Å²) in [4.78, 5) is 43.3. The predicted octanol–water partition coefficient (Wildman–Crippen LogP) is 9.26. The van der Waals surface area contributed by atoms with Crippen molar-refractivity contribution in [2.24, 2.45) is 5.16 Å². The van der Waals surface area contributed by atoms with E-state index in [1.165, 1.54) is 25.1 Å². The topological polar surface area (TPSA) is 96.2 Å². The van der Waals surface area contributed by atoms with Gasteiger partial charge in [0.25, 0.3) is 0 Å². The molecule has 6 aromatic rings. The summed E-state index contributed by atoms with van der Waals surface area (Å²) in [6.45, 7) is 6.94. The molecule has 54 heavy (non-hydrogen) atoms. The SMILES string of the molecule is CC(=O)OCCn1c2ccc(C(=NOC(C)=O)c3ccccc3OCC(F)(F)C(F)F)cc2c2cc(C(=O)c3c(C)cc(C)cc3C)c3ccccc3c21. The second-order valence-electron chi connectivity index (χ2n) is 13.1. The normalized spacial score (nSPS) is 12.1. The third-order valence-corrected chi connectivity index (χ3v) is 9.05. The quantitative estimate of drug-likeness (QED) is 0.0310. The number of alkyl halides is 4. The molecule has 0 N–H and O–H groups in total. The fourth-order valence-electron chi connectivity index (χ4n) is 6.88. The number of carbonyl (C=O) groups is 3. The Morgan fingerprint density at radius 3 is 2.11 bits per heavy atom. The molecule has 0 fully saturated rings. The molecule has 5 aromatic carbocycles. The van der Waals surface area contributed by atoms with Gasteiger partial charge in [0.15, 0.2) is 12.4 Å². The van der Waals surface area contributed by atoms with Gasteiger partial charge in [-0.15, -0.1) is 0 Å². The van der Waals surface area contributed by atoms with Gasteiger partial charge in [0.2, 0.25) is 0 Å². The summed E-state index contributed by atoms with van der Waals surface area (Å²) in [5.41, 5.74) is 5.66. The molecule has 0 radical (unpaired) electrons. The Balaban J connectivity index is 1.62. The largest absolute Gasteiger partial charge is 0.486 e. The number of hydrogen-bond donors (Lipinski definition) is 0. The van der Waals surface area contributed by atoms with Gasteiger partial charge in [0, 0.05) is 57.8 Å². The monoisotopic (exact) mass is 740 g/mol. The lowest BCUT2D eigenvalue weighted by molar-refractivity contribution is -0.148. The lowest BCUT2D eigenvalue weighted by atomic mass is 9.89. The first kappa shape index (κ1) is 37.7. The van der Waals surface area contributed by atoms with Crippen LogP contribution in [0.1, 0.15) is 57.6 Å². The number of hydrogen-bond acceptors (Lipinski definition) is 7. The zero-order valence-corrected chi connectivity index (χ0v) is 30.1. The highest BCUT2D eigenvalue weighted by Gasteiger charge is 2.42. The standard InChI is InChI=1S/C42H36F4N2O6/c1-23-18-24(2)37(25(3)19-23)40(51)34-21-33-32-20-28(14-15-35(32)48(16-17-52-26(4)49)39(33)30-11-7-6-10-29(30)34)38(47-54-27(5)50)31-12-8-9-13-36(31)53-22-42(45,46)41(43)44/h6-15,18-21,41H,16-17,22H2,1-5H3. The molecule has 0 amide bonds. The van der Waals surface area contributed by atoms with E-state index in [4.69, 9.17) is 14.3 Å². The first-order chi connectivity index (χ1) is 25.7. The van der Waals surface area contributed by atoms with Crippen molar-refractivity contribution in [3.63, 3.8) is 0 Å². The van der Waals surface area contributed by atoms with Gasteiger partial charge in [0.05, 0.1) is 12.1 Å². The zero-order valence-electron chi connectivity index (χ0n) is 30.1. The van der Waals surface area contributed by atoms with E-state index in [1.807, 2.05) is 67.8 Å². The number of carbonyl (C=O) groups excluding carboxylic acids is 3. The molecule has 1 heterocycles. The molecule has 0 aliphatic carbocycles. The maximum atomic E-state index is 14.5. The van der Waals surface area contributed by atoms with E-state index >= 15 is 0 Å². The number of ether oxygens (including phenoxy) is 2. The molecule has 0 bridgehead atoms. The van der Waals surface area contributed by atoms with Crippen molar-refractivity contribution in [1.29, 1.82) is 0 Å². The van der Waals surface area contributed by atoms with Gasteiger partial charge in [-0.3, -0.25) is 9.59 Å². The fourth-order valence-corrected chi connectivity index (χ4v) is 6.88. The molecule has 0 aliphatic rings. The second kappa shape index (κ2) is 15.1. The van der Waals surface area contributed by atoms with Crippen molar-refractivity contribution in [3.05, 3.63) is 124 Å². The summed E-state index contributed by atoms with van der Waals surface area (Å²) in [7, 11) is 0. The van der Waals surface area contributed by atoms with Crippen LogP contribution in [-0.4, -0.2) is 53.6 Å². The number of ketones is 1. The van der Waals surface area contributed by atoms with Crippen LogP contribution in [0.15, 0.2) is 90.1 Å². The number of para-hydroxylation sites is 1. The number of aromatic nitrogens is 1. The Kier molecular flexibility index (Phi) is 10.6. The number of fused-ring (bicyclic) bond motifs is 5. The third-order valence-electron chi connectivity index (χ3n) is 9.05. The molecule has 0 spiro atoms. The number of benzene rings is 5. The minimum absolute atomic E-state index is 0.00753. The van der Waals surface area contributed by atoms with E-state index in [1.54, 1.807) is 24.3 Å². The van der Waals surface area contributed by atoms with Gasteiger partial charge < -0.3 is 18.9 Å². The molecular weight excluding hydrogens is 704 g/mol. The number of nitrogens with zero attached hydrogens (tertiary/aromatic N) is 2. The van der Waals surface area contributed by atoms with Crippen molar-refractivity contribution < 1.29 is 46.3 Å². The molecule has 0 aliphatic heterocycles. The molecular formula is C42H36F4N2O6. The number of esters is 1. The lowest BCUT2D eigenvalue weighted by Gasteiger charge is -2.18. The van der Waals surface area contributed by atoms with Gasteiger partial charge in [-0.2, -0.15) is 8.78 Å². The van der Waals surface area contributed by atoms with Gasteiger partial charge in [-0.25, -0.2) is 13.6 Å². The molecule has 1 aromatic heterocycles.